The van der Waals surface area contributed by atoms with Crippen molar-refractivity contribution in [3.63, 3.8) is 0 Å². The van der Waals surface area contributed by atoms with Gasteiger partial charge in [0.25, 0.3) is 5.91 Å². The fourth-order valence-electron chi connectivity index (χ4n) is 2.78. The molecular weight excluding hydrogens is 396 g/mol. The van der Waals surface area contributed by atoms with Crippen molar-refractivity contribution in [2.45, 2.75) is 13.5 Å². The molecule has 0 fully saturated rings. The summed E-state index contributed by atoms with van der Waals surface area (Å²) < 4.78 is 0. The van der Waals surface area contributed by atoms with E-state index >= 15 is 0 Å². The first kappa shape index (κ1) is 21.4. The van der Waals surface area contributed by atoms with Gasteiger partial charge in [0.15, 0.2) is 5.82 Å². The summed E-state index contributed by atoms with van der Waals surface area (Å²) in [5.74, 6) is -1.07. The fraction of sp³-hybridized carbons (Fsp3) is 0.136. The average Bonchev–Trinajstić information content (AvgIpc) is 2.78. The van der Waals surface area contributed by atoms with Crippen molar-refractivity contribution >= 4 is 23.4 Å². The number of carbonyl (C=O) groups excluding carboxylic acids is 1. The third-order valence-corrected chi connectivity index (χ3v) is 4.34. The van der Waals surface area contributed by atoms with Gasteiger partial charge < -0.3 is 16.2 Å². The molecule has 0 bridgehead atoms. The third kappa shape index (κ3) is 5.86. The van der Waals surface area contributed by atoms with Gasteiger partial charge in [-0.25, -0.2) is 9.97 Å². The van der Waals surface area contributed by atoms with Crippen molar-refractivity contribution in [2.24, 2.45) is 5.10 Å². The van der Waals surface area contributed by atoms with Crippen LogP contribution >= 0.6 is 0 Å². The molecule has 0 unspecified atom stereocenters. The molecule has 0 spiro atoms. The second kappa shape index (κ2) is 9.97. The highest BCUT2D eigenvalue weighted by atomic mass is 16.4. The summed E-state index contributed by atoms with van der Waals surface area (Å²) in [6.45, 7) is 1.74. The smallest absolute Gasteiger partial charge is 0.324 e. The van der Waals surface area contributed by atoms with E-state index in [9.17, 15) is 9.59 Å². The predicted molar refractivity (Wildman–Crippen MR) is 117 cm³/mol. The Kier molecular flexibility index (Phi) is 6.89. The maximum Gasteiger partial charge on any atom is 0.324 e. The van der Waals surface area contributed by atoms with E-state index in [0.717, 1.165) is 5.56 Å². The Hall–Kier alpha value is -4.27. The molecule has 158 valence electrons. The number of amides is 1. The fourth-order valence-corrected chi connectivity index (χ4v) is 2.78. The van der Waals surface area contributed by atoms with Crippen LogP contribution in [0.15, 0.2) is 65.9 Å². The number of carbonyl (C=O) groups is 2. The zero-order valence-electron chi connectivity index (χ0n) is 16.9. The molecule has 0 radical (unpaired) electrons. The molecule has 3 aromatic rings. The number of carboxylic acid groups (broad SMARTS) is 1. The number of anilines is 1. The molecule has 0 aliphatic rings. The second-order valence-electron chi connectivity index (χ2n) is 6.66. The van der Waals surface area contributed by atoms with Crippen LogP contribution in [0.1, 0.15) is 28.5 Å². The maximum absolute atomic E-state index is 12.6. The number of rotatable bonds is 8. The van der Waals surface area contributed by atoms with Gasteiger partial charge in [-0.1, -0.05) is 42.5 Å². The summed E-state index contributed by atoms with van der Waals surface area (Å²) in [6, 6.07) is 16.7. The normalized spacial score (nSPS) is 11.1. The highest BCUT2D eigenvalue weighted by Gasteiger charge is 2.12. The van der Waals surface area contributed by atoms with Crippen LogP contribution in [0.4, 0.5) is 5.82 Å². The molecule has 9 nitrogen and oxygen atoms in total. The minimum absolute atomic E-state index is 0.166. The van der Waals surface area contributed by atoms with Crippen LogP contribution in [0.5, 0.6) is 0 Å². The summed E-state index contributed by atoms with van der Waals surface area (Å²) in [5.41, 5.74) is 11.8. The summed E-state index contributed by atoms with van der Waals surface area (Å²) in [5, 5.41) is 15.6. The third-order valence-electron chi connectivity index (χ3n) is 4.34. The first-order chi connectivity index (χ1) is 14.9. The lowest BCUT2D eigenvalue weighted by Crippen LogP contribution is -2.22. The van der Waals surface area contributed by atoms with Gasteiger partial charge in [0, 0.05) is 17.7 Å². The Morgan fingerprint density at radius 2 is 1.90 bits per heavy atom. The molecule has 9 heteroatoms. The summed E-state index contributed by atoms with van der Waals surface area (Å²) in [7, 11) is 0. The molecule has 0 aliphatic carbocycles. The molecule has 0 saturated carbocycles. The van der Waals surface area contributed by atoms with E-state index in [0.29, 0.717) is 34.8 Å². The van der Waals surface area contributed by atoms with Crippen LogP contribution in [0.25, 0.3) is 11.3 Å². The molecule has 1 amide bonds. The van der Waals surface area contributed by atoms with E-state index in [-0.39, 0.29) is 18.3 Å². The van der Waals surface area contributed by atoms with Gasteiger partial charge >= 0.3 is 5.97 Å². The number of aromatic nitrogens is 2. The van der Waals surface area contributed by atoms with Crippen LogP contribution in [0.3, 0.4) is 0 Å². The summed E-state index contributed by atoms with van der Waals surface area (Å²) in [6.07, 6.45) is 1.51. The molecule has 5 N–H and O–H groups in total. The SMILES string of the molecule is CC(=NNCC(=O)O)c1nc(-c2cccc(C(=O)NCc3ccccc3)c2)cnc1N. The zero-order chi connectivity index (χ0) is 22.2. The Morgan fingerprint density at radius 1 is 1.13 bits per heavy atom. The van der Waals surface area contributed by atoms with E-state index in [1.165, 1.54) is 6.20 Å². The quantitative estimate of drug-likeness (QED) is 0.324. The van der Waals surface area contributed by atoms with E-state index in [4.69, 9.17) is 10.8 Å². The Morgan fingerprint density at radius 3 is 2.65 bits per heavy atom. The van der Waals surface area contributed by atoms with Gasteiger partial charge in [0.1, 0.15) is 12.2 Å². The lowest BCUT2D eigenvalue weighted by molar-refractivity contribution is -0.135. The monoisotopic (exact) mass is 418 g/mol. The van der Waals surface area contributed by atoms with E-state index < -0.39 is 5.97 Å². The van der Waals surface area contributed by atoms with Gasteiger partial charge in [-0.3, -0.25) is 15.0 Å². The highest BCUT2D eigenvalue weighted by molar-refractivity contribution is 6.01. The molecule has 3 rings (SSSR count). The first-order valence-electron chi connectivity index (χ1n) is 9.48. The summed E-state index contributed by atoms with van der Waals surface area (Å²) in [4.78, 5) is 31.8. The highest BCUT2D eigenvalue weighted by Crippen LogP contribution is 2.20. The van der Waals surface area contributed by atoms with Gasteiger partial charge in [-0.05, 0) is 24.6 Å². The lowest BCUT2D eigenvalue weighted by atomic mass is 10.1. The van der Waals surface area contributed by atoms with Crippen molar-refractivity contribution in [1.82, 2.24) is 20.7 Å². The molecule has 0 aliphatic heterocycles. The first-order valence-corrected chi connectivity index (χ1v) is 9.48. The number of hydrogen-bond donors (Lipinski definition) is 4. The number of nitrogen functional groups attached to an aromatic ring is 1. The van der Waals surface area contributed by atoms with E-state index in [2.05, 4.69) is 25.8 Å². The lowest BCUT2D eigenvalue weighted by Gasteiger charge is -2.09. The number of hydrazone groups is 1. The van der Waals surface area contributed by atoms with Gasteiger partial charge in [-0.15, -0.1) is 0 Å². The van der Waals surface area contributed by atoms with Crippen molar-refractivity contribution in [3.8, 4) is 11.3 Å². The number of carboxylic acids is 1. The number of aliphatic carboxylic acids is 1. The van der Waals surface area contributed by atoms with Crippen molar-refractivity contribution < 1.29 is 14.7 Å². The average molecular weight is 418 g/mol. The Labute approximate surface area is 179 Å². The van der Waals surface area contributed by atoms with Crippen molar-refractivity contribution in [3.05, 3.63) is 77.6 Å². The Bertz CT molecular complexity index is 1120. The van der Waals surface area contributed by atoms with Gasteiger partial charge in [-0.2, -0.15) is 5.10 Å². The predicted octanol–water partition coefficient (Wildman–Crippen LogP) is 2.05. The number of benzene rings is 2. The van der Waals surface area contributed by atoms with Crippen molar-refractivity contribution in [2.75, 3.05) is 12.3 Å². The van der Waals surface area contributed by atoms with Crippen LogP contribution in [-0.4, -0.2) is 39.2 Å². The van der Waals surface area contributed by atoms with Crippen LogP contribution < -0.4 is 16.5 Å². The number of nitrogens with zero attached hydrogens (tertiary/aromatic N) is 3. The Balaban J connectivity index is 1.78. The van der Waals surface area contributed by atoms with Gasteiger partial charge in [0.05, 0.1) is 17.6 Å². The number of nitrogens with one attached hydrogen (secondary N) is 2. The largest absolute Gasteiger partial charge is 0.480 e. The van der Waals surface area contributed by atoms with Crippen molar-refractivity contribution in [1.29, 1.82) is 0 Å². The second-order valence-corrected chi connectivity index (χ2v) is 6.66. The molecule has 2 aromatic carbocycles. The number of nitrogens with two attached hydrogens (primary N) is 1. The molecule has 1 heterocycles. The van der Waals surface area contributed by atoms with Crippen LogP contribution in [-0.2, 0) is 11.3 Å². The molecule has 1 aromatic heterocycles. The van der Waals surface area contributed by atoms with E-state index in [1.807, 2.05) is 36.4 Å². The van der Waals surface area contributed by atoms with Gasteiger partial charge in [0.2, 0.25) is 0 Å². The topological polar surface area (TPSA) is 143 Å². The standard InChI is InChI=1S/C22H22N6O3/c1-14(28-26-13-19(29)30)20-21(23)24-12-18(27-20)16-8-5-9-17(10-16)22(31)25-11-15-6-3-2-4-7-15/h2-10,12,26H,11,13H2,1H3,(H2,23,24)(H,25,31)(H,29,30). The molecule has 31 heavy (non-hydrogen) atoms. The minimum atomic E-state index is -1.04. The number of hydrogen-bond acceptors (Lipinski definition) is 7. The zero-order valence-corrected chi connectivity index (χ0v) is 16.9. The van der Waals surface area contributed by atoms with Crippen LogP contribution in [0.2, 0.25) is 0 Å². The molecule has 0 saturated heterocycles. The summed E-state index contributed by atoms with van der Waals surface area (Å²) >= 11 is 0. The minimum Gasteiger partial charge on any atom is -0.480 e. The van der Waals surface area contributed by atoms with E-state index in [1.54, 1.807) is 25.1 Å². The molecular formula is C22H22N6O3. The van der Waals surface area contributed by atoms with Crippen LogP contribution in [0, 0.1) is 0 Å². The maximum atomic E-state index is 12.6. The molecule has 0 atom stereocenters.